The van der Waals surface area contributed by atoms with E-state index in [1.54, 1.807) is 37.6 Å². The van der Waals surface area contributed by atoms with Gasteiger partial charge in [-0.3, -0.25) is 4.79 Å². The zero-order valence-electron chi connectivity index (χ0n) is 14.0. The molecule has 0 aliphatic heterocycles. The molecule has 0 atom stereocenters. The Morgan fingerprint density at radius 3 is 2.92 bits per heavy atom. The van der Waals surface area contributed by atoms with Crippen LogP contribution in [0.3, 0.4) is 0 Å². The highest BCUT2D eigenvalue weighted by molar-refractivity contribution is 6.00. The Balaban J connectivity index is 1.79. The summed E-state index contributed by atoms with van der Waals surface area (Å²) in [4.78, 5) is 12.2. The zero-order valence-corrected chi connectivity index (χ0v) is 14.0. The molecule has 5 heteroatoms. The molecule has 1 amide bonds. The van der Waals surface area contributed by atoms with E-state index in [1.165, 1.54) is 0 Å². The van der Waals surface area contributed by atoms with Crippen molar-refractivity contribution in [2.45, 2.75) is 6.54 Å². The molecule has 0 aliphatic carbocycles. The van der Waals surface area contributed by atoms with Crippen molar-refractivity contribution in [3.8, 4) is 5.75 Å². The minimum Gasteiger partial charge on any atom is -0.497 e. The smallest absolute Gasteiger partial charge is 0.271 e. The van der Waals surface area contributed by atoms with Crippen LogP contribution in [0.2, 0.25) is 0 Å². The van der Waals surface area contributed by atoms with Gasteiger partial charge in [0.05, 0.1) is 13.3 Å². The zero-order chi connectivity index (χ0) is 17.6. The normalized spacial score (nSPS) is 10.9. The van der Waals surface area contributed by atoms with Gasteiger partial charge in [0.1, 0.15) is 5.75 Å². The number of methoxy groups -OCH3 is 1. The molecule has 3 aromatic rings. The van der Waals surface area contributed by atoms with Gasteiger partial charge in [0.15, 0.2) is 0 Å². The summed E-state index contributed by atoms with van der Waals surface area (Å²) in [5, 5.41) is 5.17. The van der Waals surface area contributed by atoms with Crippen LogP contribution in [0.15, 0.2) is 72.5 Å². The second kappa shape index (κ2) is 7.49. The third-order valence-corrected chi connectivity index (χ3v) is 3.85. The van der Waals surface area contributed by atoms with E-state index in [1.807, 2.05) is 36.5 Å². The maximum Gasteiger partial charge on any atom is 0.271 e. The third kappa shape index (κ3) is 3.61. The molecule has 0 unspecified atom stereocenters. The predicted molar refractivity (Wildman–Crippen MR) is 100 cm³/mol. The van der Waals surface area contributed by atoms with Crippen molar-refractivity contribution >= 4 is 23.0 Å². The topological polar surface area (TPSA) is 55.6 Å². The summed E-state index contributed by atoms with van der Waals surface area (Å²) >= 11 is 0. The Bertz CT molecular complexity index is 941. The number of rotatable bonds is 6. The van der Waals surface area contributed by atoms with Gasteiger partial charge in [0.25, 0.3) is 5.91 Å². The van der Waals surface area contributed by atoms with E-state index in [-0.39, 0.29) is 5.91 Å². The minimum absolute atomic E-state index is 0.287. The van der Waals surface area contributed by atoms with Gasteiger partial charge in [-0.15, -0.1) is 6.58 Å². The Labute approximate surface area is 146 Å². The van der Waals surface area contributed by atoms with Gasteiger partial charge >= 0.3 is 0 Å². The van der Waals surface area contributed by atoms with Crippen molar-refractivity contribution in [1.82, 2.24) is 9.99 Å². The fourth-order valence-electron chi connectivity index (χ4n) is 2.66. The molecular formula is C20H19N3O2. The second-order valence-electron chi connectivity index (χ2n) is 5.47. The number of allylic oxidation sites excluding steroid dienone is 1. The van der Waals surface area contributed by atoms with Crippen molar-refractivity contribution in [3.63, 3.8) is 0 Å². The van der Waals surface area contributed by atoms with E-state index in [0.29, 0.717) is 17.9 Å². The lowest BCUT2D eigenvalue weighted by atomic mass is 10.2. The summed E-state index contributed by atoms with van der Waals surface area (Å²) in [7, 11) is 1.56. The van der Waals surface area contributed by atoms with Crippen LogP contribution in [-0.2, 0) is 6.54 Å². The van der Waals surface area contributed by atoms with E-state index in [0.717, 1.165) is 16.5 Å². The van der Waals surface area contributed by atoms with Crippen molar-refractivity contribution in [2.24, 2.45) is 5.10 Å². The Morgan fingerprint density at radius 2 is 2.12 bits per heavy atom. The maximum atomic E-state index is 12.2. The van der Waals surface area contributed by atoms with Crippen LogP contribution in [0.1, 0.15) is 15.9 Å². The fourth-order valence-corrected chi connectivity index (χ4v) is 2.66. The van der Waals surface area contributed by atoms with Crippen molar-refractivity contribution < 1.29 is 9.53 Å². The van der Waals surface area contributed by atoms with Crippen molar-refractivity contribution in [3.05, 3.63) is 78.5 Å². The molecule has 25 heavy (non-hydrogen) atoms. The highest BCUT2D eigenvalue weighted by Crippen LogP contribution is 2.20. The van der Waals surface area contributed by atoms with Crippen molar-refractivity contribution in [2.75, 3.05) is 7.11 Å². The molecule has 0 fully saturated rings. The number of nitrogens with zero attached hydrogens (tertiary/aromatic N) is 2. The standard InChI is InChI=1S/C20H19N3O2/c1-3-11-23-14-16(18-9-4-5-10-19(18)23)13-21-22-20(24)15-7-6-8-17(12-15)25-2/h3-10,12-14H,1,11H2,2H3,(H,22,24)/b21-13+. The molecule has 1 heterocycles. The number of ether oxygens (including phenoxy) is 1. The Morgan fingerprint density at radius 1 is 1.28 bits per heavy atom. The number of hydrogen-bond acceptors (Lipinski definition) is 3. The van der Waals surface area contributed by atoms with Crippen LogP contribution in [0, 0.1) is 0 Å². The first-order valence-corrected chi connectivity index (χ1v) is 7.89. The van der Waals surface area contributed by atoms with E-state index in [2.05, 4.69) is 21.7 Å². The molecule has 0 saturated carbocycles. The molecule has 5 nitrogen and oxygen atoms in total. The number of para-hydroxylation sites is 1. The van der Waals surface area contributed by atoms with E-state index < -0.39 is 0 Å². The molecule has 0 saturated heterocycles. The van der Waals surface area contributed by atoms with Gasteiger partial charge in [-0.25, -0.2) is 5.43 Å². The summed E-state index contributed by atoms with van der Waals surface area (Å²) in [6, 6.07) is 15.0. The first-order chi connectivity index (χ1) is 12.2. The van der Waals surface area contributed by atoms with Gasteiger partial charge < -0.3 is 9.30 Å². The van der Waals surface area contributed by atoms with Crippen LogP contribution in [0.25, 0.3) is 10.9 Å². The van der Waals surface area contributed by atoms with Crippen molar-refractivity contribution in [1.29, 1.82) is 0 Å². The third-order valence-electron chi connectivity index (χ3n) is 3.85. The number of carbonyl (C=O) groups is 1. The molecule has 1 aromatic heterocycles. The van der Waals surface area contributed by atoms with Gasteiger partial charge in [0.2, 0.25) is 0 Å². The monoisotopic (exact) mass is 333 g/mol. The number of benzene rings is 2. The van der Waals surface area contributed by atoms with Gasteiger partial charge in [-0.1, -0.05) is 30.3 Å². The molecule has 2 aromatic carbocycles. The average Bonchev–Trinajstić information content (AvgIpc) is 3.00. The first-order valence-electron chi connectivity index (χ1n) is 7.89. The summed E-state index contributed by atoms with van der Waals surface area (Å²) in [5.41, 5.74) is 5.08. The van der Waals surface area contributed by atoms with Crippen LogP contribution in [-0.4, -0.2) is 23.8 Å². The number of fused-ring (bicyclic) bond motifs is 1. The number of aromatic nitrogens is 1. The molecule has 3 rings (SSSR count). The van der Waals surface area contributed by atoms with Gasteiger partial charge in [0, 0.05) is 34.8 Å². The predicted octanol–water partition coefficient (Wildman–Crippen LogP) is 3.60. The molecule has 0 spiro atoms. The second-order valence-corrected chi connectivity index (χ2v) is 5.47. The fraction of sp³-hybridized carbons (Fsp3) is 0.100. The summed E-state index contributed by atoms with van der Waals surface area (Å²) in [5.74, 6) is 0.342. The molecular weight excluding hydrogens is 314 g/mol. The SMILES string of the molecule is C=CCn1cc(/C=N/NC(=O)c2cccc(OC)c2)c2ccccc21. The van der Waals surface area contributed by atoms with Crippen LogP contribution < -0.4 is 10.2 Å². The Hall–Kier alpha value is -3.34. The summed E-state index contributed by atoms with van der Waals surface area (Å²) < 4.78 is 7.21. The highest BCUT2D eigenvalue weighted by Gasteiger charge is 2.07. The van der Waals surface area contributed by atoms with Crippen LogP contribution in [0.4, 0.5) is 0 Å². The lowest BCUT2D eigenvalue weighted by Crippen LogP contribution is -2.17. The summed E-state index contributed by atoms with van der Waals surface area (Å²) in [6.45, 7) is 4.50. The number of amides is 1. The number of hydrogen-bond donors (Lipinski definition) is 1. The van der Waals surface area contributed by atoms with Gasteiger partial charge in [-0.2, -0.15) is 5.10 Å². The lowest BCUT2D eigenvalue weighted by molar-refractivity contribution is 0.0955. The largest absolute Gasteiger partial charge is 0.497 e. The first kappa shape index (κ1) is 16.5. The maximum absolute atomic E-state index is 12.2. The average molecular weight is 333 g/mol. The molecule has 126 valence electrons. The Kier molecular flexibility index (Phi) is 4.95. The van der Waals surface area contributed by atoms with E-state index in [9.17, 15) is 4.79 Å². The van der Waals surface area contributed by atoms with E-state index in [4.69, 9.17) is 4.74 Å². The number of nitrogens with one attached hydrogen (secondary N) is 1. The number of carbonyl (C=O) groups excluding carboxylic acids is 1. The van der Waals surface area contributed by atoms with E-state index >= 15 is 0 Å². The van der Waals surface area contributed by atoms with Crippen LogP contribution >= 0.6 is 0 Å². The quantitative estimate of drug-likeness (QED) is 0.426. The number of hydrazone groups is 1. The highest BCUT2D eigenvalue weighted by atomic mass is 16.5. The lowest BCUT2D eigenvalue weighted by Gasteiger charge is -2.02. The molecule has 0 radical (unpaired) electrons. The van der Waals surface area contributed by atoms with Gasteiger partial charge in [-0.05, 0) is 24.3 Å². The minimum atomic E-state index is -0.287. The molecule has 1 N–H and O–H groups in total. The summed E-state index contributed by atoms with van der Waals surface area (Å²) in [6.07, 6.45) is 5.49. The molecule has 0 aliphatic rings. The molecule has 0 bridgehead atoms. The van der Waals surface area contributed by atoms with Crippen LogP contribution in [0.5, 0.6) is 5.75 Å².